The molecule has 1 aromatic rings. The first-order valence-corrected chi connectivity index (χ1v) is 12.6. The summed E-state index contributed by atoms with van der Waals surface area (Å²) in [6.07, 6.45) is 5.34. The van der Waals surface area contributed by atoms with Gasteiger partial charge in [-0.25, -0.2) is 4.79 Å². The molecule has 0 unspecified atom stereocenters. The van der Waals surface area contributed by atoms with E-state index in [1.807, 2.05) is 63.8 Å². The van der Waals surface area contributed by atoms with Crippen LogP contribution in [0.5, 0.6) is 11.5 Å². The molecule has 4 atom stereocenters. The number of hydrogen-bond donors (Lipinski definition) is 1. The second-order valence-corrected chi connectivity index (χ2v) is 10.5. The van der Waals surface area contributed by atoms with Crippen molar-refractivity contribution in [3.8, 4) is 11.5 Å². The summed E-state index contributed by atoms with van der Waals surface area (Å²) in [7, 11) is 4.85. The van der Waals surface area contributed by atoms with Crippen LogP contribution in [0.15, 0.2) is 30.4 Å². The molecule has 0 saturated carbocycles. The Morgan fingerprint density at radius 3 is 2.42 bits per heavy atom. The predicted molar refractivity (Wildman–Crippen MR) is 140 cm³/mol. The topological polar surface area (TPSA) is 86.3 Å². The molecule has 2 amide bonds. The van der Waals surface area contributed by atoms with Crippen LogP contribution >= 0.6 is 0 Å². The van der Waals surface area contributed by atoms with Gasteiger partial charge in [0.1, 0.15) is 17.1 Å². The lowest BCUT2D eigenvalue weighted by Gasteiger charge is -2.44. The van der Waals surface area contributed by atoms with Gasteiger partial charge >= 0.3 is 6.09 Å². The van der Waals surface area contributed by atoms with Gasteiger partial charge in [-0.05, 0) is 53.2 Å². The minimum Gasteiger partial charge on any atom is -0.497 e. The highest BCUT2D eigenvalue weighted by Gasteiger charge is 2.50. The average molecular weight is 505 g/mol. The fraction of sp³-hybridized carbons (Fsp3) is 0.643. The molecule has 1 N–H and O–H groups in total. The van der Waals surface area contributed by atoms with E-state index in [2.05, 4.69) is 12.2 Å². The summed E-state index contributed by atoms with van der Waals surface area (Å²) >= 11 is 0. The Morgan fingerprint density at radius 2 is 1.89 bits per heavy atom. The third kappa shape index (κ3) is 7.15. The van der Waals surface area contributed by atoms with Gasteiger partial charge in [0.15, 0.2) is 0 Å². The van der Waals surface area contributed by atoms with Gasteiger partial charge in [0.2, 0.25) is 5.91 Å². The normalized spacial score (nSPS) is 20.8. The molecule has 0 spiro atoms. The molecule has 0 aromatic heterocycles. The molecular formula is C28H44N2O6. The summed E-state index contributed by atoms with van der Waals surface area (Å²) in [6.45, 7) is 11.8. The number of ether oxygens (including phenoxy) is 4. The molecule has 8 nitrogen and oxygen atoms in total. The van der Waals surface area contributed by atoms with Gasteiger partial charge in [0.05, 0.1) is 31.9 Å². The van der Waals surface area contributed by atoms with Crippen molar-refractivity contribution in [1.82, 2.24) is 10.2 Å². The first-order valence-electron chi connectivity index (χ1n) is 12.6. The Kier molecular flexibility index (Phi) is 10.2. The van der Waals surface area contributed by atoms with Crippen LogP contribution in [0.4, 0.5) is 4.79 Å². The Hall–Kier alpha value is -2.74. The summed E-state index contributed by atoms with van der Waals surface area (Å²) in [4.78, 5) is 28.3. The number of carbonyl (C=O) groups excluding carboxylic acids is 2. The molecule has 202 valence electrons. The van der Waals surface area contributed by atoms with Crippen molar-refractivity contribution in [1.29, 1.82) is 0 Å². The van der Waals surface area contributed by atoms with Crippen LogP contribution in [0.3, 0.4) is 0 Å². The lowest BCUT2D eigenvalue weighted by Crippen LogP contribution is -2.63. The van der Waals surface area contributed by atoms with Crippen molar-refractivity contribution in [3.63, 3.8) is 0 Å². The number of allylic oxidation sites excluding steroid dienone is 1. The summed E-state index contributed by atoms with van der Waals surface area (Å²) < 4.78 is 22.6. The molecule has 8 heteroatoms. The minimum absolute atomic E-state index is 0.00640. The lowest BCUT2D eigenvalue weighted by molar-refractivity contribution is -0.131. The quantitative estimate of drug-likeness (QED) is 0.422. The molecule has 1 aromatic carbocycles. The van der Waals surface area contributed by atoms with E-state index in [1.165, 1.54) is 0 Å². The van der Waals surface area contributed by atoms with Gasteiger partial charge in [0, 0.05) is 37.6 Å². The highest BCUT2D eigenvalue weighted by molar-refractivity contribution is 5.80. The van der Waals surface area contributed by atoms with E-state index >= 15 is 0 Å². The zero-order valence-corrected chi connectivity index (χ0v) is 23.3. The highest BCUT2D eigenvalue weighted by Crippen LogP contribution is 2.38. The number of benzene rings is 1. The fourth-order valence-electron chi connectivity index (χ4n) is 4.97. The molecule has 1 fully saturated rings. The smallest absolute Gasteiger partial charge is 0.408 e. The first-order chi connectivity index (χ1) is 16.9. The molecule has 0 radical (unpaired) electrons. The molecule has 1 heterocycles. The van der Waals surface area contributed by atoms with Crippen LogP contribution in [-0.4, -0.2) is 61.5 Å². The van der Waals surface area contributed by atoms with E-state index in [9.17, 15) is 9.59 Å². The maximum Gasteiger partial charge on any atom is 0.408 e. The minimum atomic E-state index is -0.733. The molecule has 1 aliphatic rings. The number of alkyl carbamates (subject to hydrolysis) is 1. The van der Waals surface area contributed by atoms with Crippen LogP contribution in [0.2, 0.25) is 0 Å². The van der Waals surface area contributed by atoms with Crippen LogP contribution < -0.4 is 14.8 Å². The van der Waals surface area contributed by atoms with Gasteiger partial charge in [-0.1, -0.05) is 25.5 Å². The van der Waals surface area contributed by atoms with Crippen molar-refractivity contribution in [2.75, 3.05) is 21.3 Å². The molecule has 1 saturated heterocycles. The number of likely N-dealkylation sites (tertiary alicyclic amines) is 1. The number of rotatable bonds is 11. The largest absolute Gasteiger partial charge is 0.497 e. The van der Waals surface area contributed by atoms with Crippen LogP contribution in [0.1, 0.15) is 66.4 Å². The average Bonchev–Trinajstić information content (AvgIpc) is 3.11. The van der Waals surface area contributed by atoms with E-state index in [-0.39, 0.29) is 17.9 Å². The van der Waals surface area contributed by atoms with Gasteiger partial charge in [0.25, 0.3) is 0 Å². The Labute approximate surface area is 216 Å². The molecule has 0 bridgehead atoms. The van der Waals surface area contributed by atoms with Crippen molar-refractivity contribution in [3.05, 3.63) is 35.9 Å². The third-order valence-electron chi connectivity index (χ3n) is 6.69. The fourth-order valence-corrected chi connectivity index (χ4v) is 4.97. The Balaban J connectivity index is 2.57. The van der Waals surface area contributed by atoms with E-state index < -0.39 is 23.3 Å². The van der Waals surface area contributed by atoms with E-state index in [1.54, 1.807) is 27.4 Å². The van der Waals surface area contributed by atoms with Crippen molar-refractivity contribution >= 4 is 12.0 Å². The van der Waals surface area contributed by atoms with E-state index in [0.29, 0.717) is 30.9 Å². The van der Waals surface area contributed by atoms with Gasteiger partial charge in [-0.2, -0.15) is 0 Å². The second-order valence-electron chi connectivity index (χ2n) is 10.5. The van der Waals surface area contributed by atoms with Crippen molar-refractivity contribution in [2.45, 2.75) is 90.6 Å². The van der Waals surface area contributed by atoms with Gasteiger partial charge in [-0.15, -0.1) is 0 Å². The van der Waals surface area contributed by atoms with E-state index in [0.717, 1.165) is 12.0 Å². The maximum atomic E-state index is 13.4. The van der Waals surface area contributed by atoms with Crippen molar-refractivity contribution in [2.24, 2.45) is 5.92 Å². The summed E-state index contributed by atoms with van der Waals surface area (Å²) in [5.74, 6) is 1.20. The van der Waals surface area contributed by atoms with Crippen molar-refractivity contribution < 1.29 is 28.5 Å². The monoisotopic (exact) mass is 504 g/mol. The number of carbonyl (C=O) groups is 2. The highest BCUT2D eigenvalue weighted by atomic mass is 16.6. The summed E-state index contributed by atoms with van der Waals surface area (Å²) in [5, 5.41) is 3.10. The van der Waals surface area contributed by atoms with E-state index in [4.69, 9.17) is 18.9 Å². The molecule has 2 rings (SSSR count). The number of nitrogens with one attached hydrogen (secondary N) is 1. The lowest BCUT2D eigenvalue weighted by atomic mass is 9.81. The Bertz CT molecular complexity index is 925. The third-order valence-corrected chi connectivity index (χ3v) is 6.69. The standard InChI is InChI=1S/C28H44N2O6/c1-10-12-19-16-23(31)30(18-20-13-14-21(33-7)17-22(20)34-8)24(19)25(28(6,35-9)15-11-2)29-26(32)36-27(3,4)5/h10,12-14,17,19,24-25H,11,15-16,18H2,1-9H3,(H,29,32)/b12-10+/t19-,24-,25-,28+/m1/s1. The SMILES string of the molecule is C/C=C/[C@@H]1CC(=O)N(Cc2ccc(OC)cc2OC)[C@H]1[C@@H](NC(=O)OC(C)(C)C)[C@](C)(CCC)OC. The van der Waals surface area contributed by atoms with Crippen LogP contribution in [0.25, 0.3) is 0 Å². The Morgan fingerprint density at radius 1 is 1.19 bits per heavy atom. The van der Waals surface area contributed by atoms with Crippen LogP contribution in [0, 0.1) is 5.92 Å². The number of hydrogen-bond acceptors (Lipinski definition) is 6. The number of amides is 2. The second kappa shape index (κ2) is 12.5. The van der Waals surface area contributed by atoms with Gasteiger partial charge < -0.3 is 29.2 Å². The molecule has 1 aliphatic heterocycles. The molecular weight excluding hydrogens is 460 g/mol. The summed E-state index contributed by atoms with van der Waals surface area (Å²) in [6, 6.07) is 4.69. The first kappa shape index (κ1) is 29.5. The number of methoxy groups -OCH3 is 3. The molecule has 0 aliphatic carbocycles. The van der Waals surface area contributed by atoms with Gasteiger partial charge in [-0.3, -0.25) is 4.79 Å². The molecule has 36 heavy (non-hydrogen) atoms. The predicted octanol–water partition coefficient (Wildman–Crippen LogP) is 5.10. The summed E-state index contributed by atoms with van der Waals surface area (Å²) in [5.41, 5.74) is -0.542. The number of nitrogens with zero attached hydrogens (tertiary/aromatic N) is 1. The zero-order chi connectivity index (χ0) is 27.1. The zero-order valence-electron chi connectivity index (χ0n) is 23.3. The maximum absolute atomic E-state index is 13.4. The van der Waals surface area contributed by atoms with Crippen LogP contribution in [-0.2, 0) is 20.8 Å².